The first-order valence-electron chi connectivity index (χ1n) is 11.9. The van der Waals surface area contributed by atoms with Crippen LogP contribution in [0, 0.1) is 6.92 Å². The number of carbonyl (C=O) groups excluding carboxylic acids is 1. The molecule has 0 saturated heterocycles. The minimum absolute atomic E-state index is 0.322. The monoisotopic (exact) mass is 531 g/mol. The number of ether oxygens (including phenoxy) is 2. The number of aromatic nitrogens is 1. The maximum Gasteiger partial charge on any atom is 0.347 e. The lowest BCUT2D eigenvalue weighted by Gasteiger charge is -2.18. The molecule has 35 heavy (non-hydrogen) atoms. The molecule has 0 unspecified atom stereocenters. The van der Waals surface area contributed by atoms with Gasteiger partial charge in [0.15, 0.2) is 6.10 Å². The number of benzene rings is 3. The molecule has 0 aliphatic carbocycles. The Balaban J connectivity index is 1.48. The first kappa shape index (κ1) is 24.8. The molecule has 4 aromatic rings. The zero-order valence-corrected chi connectivity index (χ0v) is 21.7. The number of hydrogen-bond donors (Lipinski definition) is 0. The minimum atomic E-state index is -0.694. The fourth-order valence-corrected chi connectivity index (χ4v) is 4.38. The smallest absolute Gasteiger partial charge is 0.347 e. The van der Waals surface area contributed by atoms with Gasteiger partial charge in [-0.1, -0.05) is 58.4 Å². The van der Waals surface area contributed by atoms with Crippen LogP contribution in [0.4, 0.5) is 0 Å². The van der Waals surface area contributed by atoms with Crippen LogP contribution >= 0.6 is 15.9 Å². The summed E-state index contributed by atoms with van der Waals surface area (Å²) in [4.78, 5) is 12.5. The highest BCUT2D eigenvalue weighted by atomic mass is 79.9. The summed E-state index contributed by atoms with van der Waals surface area (Å²) in [5.74, 6) is 0.297. The number of aryl methyl sites for hydroxylation is 2. The molecule has 1 aromatic heterocycles. The van der Waals surface area contributed by atoms with Gasteiger partial charge in [0.2, 0.25) is 0 Å². The lowest BCUT2D eigenvalue weighted by atomic mass is 10.1. The highest BCUT2D eigenvalue weighted by Crippen LogP contribution is 2.26. The van der Waals surface area contributed by atoms with Gasteiger partial charge >= 0.3 is 5.97 Å². The van der Waals surface area contributed by atoms with Crippen molar-refractivity contribution in [3.05, 3.63) is 112 Å². The summed E-state index contributed by atoms with van der Waals surface area (Å²) in [5.41, 5.74) is 5.83. The van der Waals surface area contributed by atoms with Crippen molar-refractivity contribution >= 4 is 21.9 Å². The fourth-order valence-electron chi connectivity index (χ4n) is 4.12. The van der Waals surface area contributed by atoms with Gasteiger partial charge in [-0.2, -0.15) is 0 Å². The fraction of sp³-hybridized carbons (Fsp3) is 0.233. The van der Waals surface area contributed by atoms with Crippen molar-refractivity contribution in [3.8, 4) is 17.0 Å². The average molecular weight is 532 g/mol. The molecule has 5 heteroatoms. The van der Waals surface area contributed by atoms with E-state index in [9.17, 15) is 4.79 Å². The van der Waals surface area contributed by atoms with Gasteiger partial charge in [-0.25, -0.2) is 4.79 Å². The second-order valence-corrected chi connectivity index (χ2v) is 9.38. The summed E-state index contributed by atoms with van der Waals surface area (Å²) in [6.07, 6.45) is 0.720. The van der Waals surface area contributed by atoms with Crippen LogP contribution in [0.1, 0.15) is 23.7 Å². The van der Waals surface area contributed by atoms with Gasteiger partial charge in [0.1, 0.15) is 5.75 Å². The molecule has 1 heterocycles. The molecule has 180 valence electrons. The highest BCUT2D eigenvalue weighted by molar-refractivity contribution is 9.10. The van der Waals surface area contributed by atoms with E-state index in [4.69, 9.17) is 9.47 Å². The second kappa shape index (κ2) is 11.9. The third-order valence-corrected chi connectivity index (χ3v) is 6.51. The standard InChI is InChI=1S/C30H30BrNO3/c1-3-34-30(33)29(21-24-7-5-4-6-8-24)35-27-16-12-25(13-17-27)28-18-9-22(2)32(28)20-19-23-10-14-26(31)15-11-23/h4-18,29H,3,19-21H2,1-2H3/t29-/m1/s1. The van der Waals surface area contributed by atoms with E-state index in [1.54, 1.807) is 6.92 Å². The topological polar surface area (TPSA) is 40.5 Å². The van der Waals surface area contributed by atoms with E-state index in [0.717, 1.165) is 34.3 Å². The first-order chi connectivity index (χ1) is 17.0. The first-order valence-corrected chi connectivity index (χ1v) is 12.7. The molecule has 1 atom stereocenters. The van der Waals surface area contributed by atoms with E-state index in [0.29, 0.717) is 18.8 Å². The lowest BCUT2D eigenvalue weighted by Crippen LogP contribution is -2.31. The number of halogens is 1. The van der Waals surface area contributed by atoms with Gasteiger partial charge < -0.3 is 14.0 Å². The largest absolute Gasteiger partial charge is 0.478 e. The van der Waals surface area contributed by atoms with E-state index in [2.05, 4.69) is 63.8 Å². The molecular weight excluding hydrogens is 502 g/mol. The van der Waals surface area contributed by atoms with Crippen LogP contribution in [0.15, 0.2) is 95.5 Å². The van der Waals surface area contributed by atoms with Gasteiger partial charge in [0, 0.05) is 28.8 Å². The van der Waals surface area contributed by atoms with Crippen LogP contribution in [0.3, 0.4) is 0 Å². The van der Waals surface area contributed by atoms with E-state index in [1.165, 1.54) is 11.3 Å². The van der Waals surface area contributed by atoms with Crippen molar-refractivity contribution in [2.24, 2.45) is 0 Å². The third-order valence-electron chi connectivity index (χ3n) is 5.98. The Morgan fingerprint density at radius 3 is 2.29 bits per heavy atom. The molecule has 0 aliphatic rings. The molecule has 0 aliphatic heterocycles. The Kier molecular flexibility index (Phi) is 8.43. The van der Waals surface area contributed by atoms with Crippen LogP contribution in [0.25, 0.3) is 11.3 Å². The molecule has 4 nitrogen and oxygen atoms in total. The van der Waals surface area contributed by atoms with Gasteiger partial charge in [-0.3, -0.25) is 0 Å². The summed E-state index contributed by atoms with van der Waals surface area (Å²) in [6.45, 7) is 5.16. The predicted octanol–water partition coefficient (Wildman–Crippen LogP) is 7.02. The van der Waals surface area contributed by atoms with Crippen molar-refractivity contribution in [2.75, 3.05) is 6.61 Å². The van der Waals surface area contributed by atoms with E-state index in [1.807, 2.05) is 54.6 Å². The van der Waals surface area contributed by atoms with Crippen molar-refractivity contribution in [2.45, 2.75) is 39.3 Å². The molecule has 0 bridgehead atoms. The predicted molar refractivity (Wildman–Crippen MR) is 144 cm³/mol. The van der Waals surface area contributed by atoms with E-state index >= 15 is 0 Å². The quantitative estimate of drug-likeness (QED) is 0.206. The van der Waals surface area contributed by atoms with Crippen molar-refractivity contribution in [1.29, 1.82) is 0 Å². The Hall–Kier alpha value is -3.31. The van der Waals surface area contributed by atoms with Crippen molar-refractivity contribution < 1.29 is 14.3 Å². The zero-order chi connectivity index (χ0) is 24.6. The van der Waals surface area contributed by atoms with Crippen LogP contribution in [0.2, 0.25) is 0 Å². The maximum absolute atomic E-state index is 12.5. The summed E-state index contributed by atoms with van der Waals surface area (Å²) in [7, 11) is 0. The summed E-state index contributed by atoms with van der Waals surface area (Å²) >= 11 is 3.50. The molecule has 0 saturated carbocycles. The molecule has 4 rings (SSSR count). The number of carbonyl (C=O) groups is 1. The van der Waals surface area contributed by atoms with E-state index in [-0.39, 0.29) is 5.97 Å². The maximum atomic E-state index is 12.5. The Morgan fingerprint density at radius 2 is 1.60 bits per heavy atom. The second-order valence-electron chi connectivity index (χ2n) is 8.46. The van der Waals surface area contributed by atoms with Crippen LogP contribution in [0.5, 0.6) is 5.75 Å². The van der Waals surface area contributed by atoms with Gasteiger partial charge in [-0.15, -0.1) is 0 Å². The van der Waals surface area contributed by atoms with E-state index < -0.39 is 6.10 Å². The molecule has 0 spiro atoms. The lowest BCUT2D eigenvalue weighted by molar-refractivity contribution is -0.151. The number of esters is 1. The van der Waals surface area contributed by atoms with Crippen LogP contribution in [-0.4, -0.2) is 23.2 Å². The minimum Gasteiger partial charge on any atom is -0.478 e. The Bertz CT molecular complexity index is 1230. The average Bonchev–Trinajstić information content (AvgIpc) is 3.24. The summed E-state index contributed by atoms with van der Waals surface area (Å²) < 4.78 is 14.8. The Labute approximate surface area is 215 Å². The van der Waals surface area contributed by atoms with Gasteiger partial charge in [0.25, 0.3) is 0 Å². The Morgan fingerprint density at radius 1 is 0.886 bits per heavy atom. The molecule has 3 aromatic carbocycles. The van der Waals surface area contributed by atoms with Gasteiger partial charge in [0.05, 0.1) is 6.61 Å². The molecule has 0 radical (unpaired) electrons. The molecular formula is C30H30BrNO3. The van der Waals surface area contributed by atoms with Crippen molar-refractivity contribution in [3.63, 3.8) is 0 Å². The molecule has 0 amide bonds. The van der Waals surface area contributed by atoms with Gasteiger partial charge in [-0.05, 0) is 85.5 Å². The number of nitrogens with zero attached hydrogens (tertiary/aromatic N) is 1. The highest BCUT2D eigenvalue weighted by Gasteiger charge is 2.22. The summed E-state index contributed by atoms with van der Waals surface area (Å²) in [6, 6.07) is 30.6. The zero-order valence-electron chi connectivity index (χ0n) is 20.1. The number of hydrogen-bond acceptors (Lipinski definition) is 3. The summed E-state index contributed by atoms with van der Waals surface area (Å²) in [5, 5.41) is 0. The third kappa shape index (κ3) is 6.64. The van der Waals surface area contributed by atoms with Crippen LogP contribution < -0.4 is 4.74 Å². The number of rotatable bonds is 10. The normalized spacial score (nSPS) is 11.7. The molecule has 0 fully saturated rings. The van der Waals surface area contributed by atoms with Crippen LogP contribution in [-0.2, 0) is 28.9 Å². The SMILES string of the molecule is CCOC(=O)[C@@H](Cc1ccccc1)Oc1ccc(-c2ccc(C)n2CCc2ccc(Br)cc2)cc1. The van der Waals surface area contributed by atoms with Crippen molar-refractivity contribution in [1.82, 2.24) is 4.57 Å². The molecule has 0 N–H and O–H groups in total.